The molecule has 0 aromatic heterocycles. The van der Waals surface area contributed by atoms with Crippen LogP contribution in [0.5, 0.6) is 0 Å². The van der Waals surface area contributed by atoms with Crippen molar-refractivity contribution in [2.75, 3.05) is 39.5 Å². The predicted octanol–water partition coefficient (Wildman–Crippen LogP) is 3.27. The van der Waals surface area contributed by atoms with Gasteiger partial charge in [-0.05, 0) is 63.2 Å². The summed E-state index contributed by atoms with van der Waals surface area (Å²) in [6.07, 6.45) is 12.0. The summed E-state index contributed by atoms with van der Waals surface area (Å²) in [6, 6.07) is 0.262. The number of nitrogens with zero attached hydrogens (tertiary/aromatic N) is 1. The Morgan fingerprint density at radius 3 is 2.59 bits per heavy atom. The molecule has 1 N–H and O–H groups in total. The number of morpholine rings is 1. The van der Waals surface area contributed by atoms with Crippen molar-refractivity contribution in [3.8, 4) is 0 Å². The van der Waals surface area contributed by atoms with Gasteiger partial charge in [0.15, 0.2) is 0 Å². The largest absolute Gasteiger partial charge is 0.378 e. The minimum Gasteiger partial charge on any atom is -0.378 e. The highest BCUT2D eigenvalue weighted by Crippen LogP contribution is 2.41. The summed E-state index contributed by atoms with van der Waals surface area (Å²) in [5, 5.41) is 3.50. The van der Waals surface area contributed by atoms with Crippen LogP contribution in [0.2, 0.25) is 0 Å². The van der Waals surface area contributed by atoms with Gasteiger partial charge in [-0.3, -0.25) is 4.90 Å². The van der Waals surface area contributed by atoms with E-state index in [1.54, 1.807) is 0 Å². The standard InChI is InChI=1S/C23H39FN2O3/c24-22-14-25-23(16-29-22)10-12-26-11-3-13-27-20-5-2-1-4-19(20)17-6-8-18(9-7-17)28-15-21(23)26/h17-22,25H,1-16H2/t17?,18?,19?,20?,21-,22?,23+/m0/s1. The molecule has 166 valence electrons. The quantitative estimate of drug-likeness (QED) is 0.664. The fourth-order valence-electron chi connectivity index (χ4n) is 6.84. The molecule has 6 rings (SSSR count). The van der Waals surface area contributed by atoms with Crippen LogP contribution in [0.25, 0.3) is 0 Å². The first-order valence-corrected chi connectivity index (χ1v) is 12.2. The van der Waals surface area contributed by atoms with Gasteiger partial charge in [-0.2, -0.15) is 0 Å². The maximum Gasteiger partial charge on any atom is 0.211 e. The molecular formula is C23H39FN2O3. The van der Waals surface area contributed by atoms with E-state index in [4.69, 9.17) is 14.2 Å². The van der Waals surface area contributed by atoms with Crippen LogP contribution in [0.4, 0.5) is 4.39 Å². The lowest BCUT2D eigenvalue weighted by Crippen LogP contribution is -2.64. The average molecular weight is 411 g/mol. The first-order valence-electron chi connectivity index (χ1n) is 12.2. The highest BCUT2D eigenvalue weighted by molar-refractivity contribution is 5.07. The van der Waals surface area contributed by atoms with Gasteiger partial charge in [0.2, 0.25) is 6.36 Å². The first kappa shape index (κ1) is 20.6. The van der Waals surface area contributed by atoms with Crippen molar-refractivity contribution in [2.24, 2.45) is 11.8 Å². The van der Waals surface area contributed by atoms with Crippen molar-refractivity contribution in [1.29, 1.82) is 0 Å². The van der Waals surface area contributed by atoms with Crippen molar-refractivity contribution in [3.05, 3.63) is 0 Å². The molecule has 4 aliphatic heterocycles. The number of hydrogen-bond donors (Lipinski definition) is 1. The fourth-order valence-corrected chi connectivity index (χ4v) is 6.84. The third kappa shape index (κ3) is 4.38. The van der Waals surface area contributed by atoms with E-state index in [-0.39, 0.29) is 11.6 Å². The normalized spacial score (nSPS) is 47.5. The molecule has 29 heavy (non-hydrogen) atoms. The van der Waals surface area contributed by atoms with Crippen LogP contribution in [0, 0.1) is 11.8 Å². The lowest BCUT2D eigenvalue weighted by molar-refractivity contribution is -0.118. The van der Waals surface area contributed by atoms with Crippen LogP contribution in [-0.2, 0) is 14.2 Å². The monoisotopic (exact) mass is 410 g/mol. The maximum atomic E-state index is 13.6. The number of halogens is 1. The fraction of sp³-hybridized carbons (Fsp3) is 1.00. The number of ether oxygens (including phenoxy) is 3. The molecule has 0 radical (unpaired) electrons. The van der Waals surface area contributed by atoms with Gasteiger partial charge in [0.25, 0.3) is 0 Å². The maximum absolute atomic E-state index is 13.6. The molecule has 2 aliphatic carbocycles. The summed E-state index contributed by atoms with van der Waals surface area (Å²) in [4.78, 5) is 2.55. The molecule has 4 saturated heterocycles. The van der Waals surface area contributed by atoms with E-state index < -0.39 is 6.36 Å². The van der Waals surface area contributed by atoms with Crippen molar-refractivity contribution in [3.63, 3.8) is 0 Å². The van der Waals surface area contributed by atoms with Crippen molar-refractivity contribution in [2.45, 2.75) is 94.4 Å². The minimum absolute atomic E-state index is 0.161. The molecule has 6 aliphatic rings. The molecule has 1 spiro atoms. The van der Waals surface area contributed by atoms with Crippen LogP contribution in [-0.4, -0.2) is 74.5 Å². The number of alkyl halides is 1. The lowest BCUT2D eigenvalue weighted by atomic mass is 9.71. The molecule has 5 nitrogen and oxygen atoms in total. The zero-order valence-corrected chi connectivity index (χ0v) is 17.8. The van der Waals surface area contributed by atoms with Crippen LogP contribution < -0.4 is 5.32 Å². The van der Waals surface area contributed by atoms with Gasteiger partial charge in [0, 0.05) is 19.7 Å². The van der Waals surface area contributed by atoms with Crippen LogP contribution in [0.1, 0.15) is 64.2 Å². The van der Waals surface area contributed by atoms with E-state index in [1.165, 1.54) is 51.4 Å². The van der Waals surface area contributed by atoms with Gasteiger partial charge in [0.1, 0.15) is 0 Å². The zero-order valence-electron chi connectivity index (χ0n) is 17.8. The summed E-state index contributed by atoms with van der Waals surface area (Å²) >= 11 is 0. The molecule has 3 unspecified atom stereocenters. The molecule has 6 heteroatoms. The van der Waals surface area contributed by atoms with Crippen LogP contribution in [0.3, 0.4) is 0 Å². The SMILES string of the molecule is FC1CN[C@]2(CCN3CCCOC4CCCCC4C4CCC(CC4)OC[C@H]32)CO1. The number of fused-ring (bicyclic) bond motifs is 6. The average Bonchev–Trinajstić information content (AvgIpc) is 3.09. The van der Waals surface area contributed by atoms with Crippen molar-refractivity contribution >= 4 is 0 Å². The molecule has 6 fully saturated rings. The van der Waals surface area contributed by atoms with Gasteiger partial charge >= 0.3 is 0 Å². The van der Waals surface area contributed by atoms with Crippen LogP contribution >= 0.6 is 0 Å². The van der Waals surface area contributed by atoms with Gasteiger partial charge < -0.3 is 19.5 Å². The molecule has 0 amide bonds. The van der Waals surface area contributed by atoms with Gasteiger partial charge in [-0.1, -0.05) is 12.8 Å². The smallest absolute Gasteiger partial charge is 0.211 e. The molecule has 2 saturated carbocycles. The Hall–Kier alpha value is -0.270. The van der Waals surface area contributed by atoms with Gasteiger partial charge in [-0.15, -0.1) is 0 Å². The third-order valence-electron chi connectivity index (χ3n) is 8.55. The molecule has 0 aromatic carbocycles. The Kier molecular flexibility index (Phi) is 6.45. The number of nitrogens with one attached hydrogen (secondary N) is 1. The topological polar surface area (TPSA) is 43.0 Å². The summed E-state index contributed by atoms with van der Waals surface area (Å²) in [5.41, 5.74) is -0.161. The Labute approximate surface area is 175 Å². The van der Waals surface area contributed by atoms with Crippen molar-refractivity contribution in [1.82, 2.24) is 10.2 Å². The van der Waals surface area contributed by atoms with E-state index in [1.807, 2.05) is 0 Å². The van der Waals surface area contributed by atoms with Gasteiger partial charge in [-0.25, -0.2) is 4.39 Å². The molecule has 5 atom stereocenters. The van der Waals surface area contributed by atoms with Gasteiger partial charge in [0.05, 0.1) is 43.5 Å². The van der Waals surface area contributed by atoms with E-state index in [0.717, 1.165) is 51.0 Å². The Balaban J connectivity index is 1.29. The summed E-state index contributed by atoms with van der Waals surface area (Å²) in [6.45, 7) is 4.40. The Morgan fingerprint density at radius 1 is 0.897 bits per heavy atom. The number of rotatable bonds is 0. The van der Waals surface area contributed by atoms with E-state index in [9.17, 15) is 4.39 Å². The summed E-state index contributed by atoms with van der Waals surface area (Å²) < 4.78 is 32.1. The second-order valence-corrected chi connectivity index (χ2v) is 10.1. The lowest BCUT2D eigenvalue weighted by Gasteiger charge is -2.44. The first-order chi connectivity index (χ1) is 14.2. The second-order valence-electron chi connectivity index (χ2n) is 10.1. The Morgan fingerprint density at radius 2 is 1.76 bits per heavy atom. The van der Waals surface area contributed by atoms with E-state index in [0.29, 0.717) is 25.4 Å². The minimum atomic E-state index is -1.18. The second kappa shape index (κ2) is 9.07. The van der Waals surface area contributed by atoms with Crippen LogP contribution in [0.15, 0.2) is 0 Å². The van der Waals surface area contributed by atoms with Crippen molar-refractivity contribution < 1.29 is 18.6 Å². The summed E-state index contributed by atoms with van der Waals surface area (Å²) in [7, 11) is 0. The molecule has 2 bridgehead atoms. The summed E-state index contributed by atoms with van der Waals surface area (Å²) in [5.74, 6) is 1.60. The molecular weight excluding hydrogens is 371 g/mol. The Bertz CT molecular complexity index is 534. The number of hydrogen-bond acceptors (Lipinski definition) is 5. The highest BCUT2D eigenvalue weighted by atomic mass is 19.1. The molecule has 0 aromatic rings. The molecule has 4 heterocycles. The highest BCUT2D eigenvalue weighted by Gasteiger charge is 2.50. The predicted molar refractivity (Wildman–Crippen MR) is 110 cm³/mol. The van der Waals surface area contributed by atoms with E-state index in [2.05, 4.69) is 10.2 Å². The third-order valence-corrected chi connectivity index (χ3v) is 8.55. The zero-order chi connectivity index (χ0) is 19.7. The van der Waals surface area contributed by atoms with E-state index >= 15 is 0 Å².